The molecular weight excluding hydrogens is 320 g/mol. The largest absolute Gasteiger partial charge is 0.316 e. The number of anilines is 3. The summed E-state index contributed by atoms with van der Waals surface area (Å²) in [5, 5.41) is 17.0. The van der Waals surface area contributed by atoms with Crippen molar-refractivity contribution in [2.24, 2.45) is 0 Å². The number of aryl methyl sites for hydroxylation is 2. The Hall–Kier alpha value is -2.39. The average molecular weight is 332 g/mol. The molecule has 3 aromatic rings. The molecule has 112 valence electrons. The molecule has 1 amide bonds. The van der Waals surface area contributed by atoms with Crippen molar-refractivity contribution in [1.82, 2.24) is 20.2 Å². The Morgan fingerprint density at radius 2 is 2.00 bits per heavy atom. The zero-order chi connectivity index (χ0) is 15.5. The van der Waals surface area contributed by atoms with E-state index >= 15 is 0 Å². The van der Waals surface area contributed by atoms with Gasteiger partial charge in [-0.15, -0.1) is 21.5 Å². The Morgan fingerprint density at radius 1 is 1.14 bits per heavy atom. The van der Waals surface area contributed by atoms with Gasteiger partial charge in [-0.1, -0.05) is 17.4 Å². The van der Waals surface area contributed by atoms with Crippen molar-refractivity contribution in [3.63, 3.8) is 0 Å². The Balaban J connectivity index is 1.69. The third kappa shape index (κ3) is 3.43. The van der Waals surface area contributed by atoms with E-state index in [9.17, 15) is 4.79 Å². The monoisotopic (exact) mass is 332 g/mol. The number of thiazole rings is 1. The fourth-order valence-corrected chi connectivity index (χ4v) is 2.95. The van der Waals surface area contributed by atoms with Crippen molar-refractivity contribution in [2.75, 3.05) is 10.6 Å². The highest BCUT2D eigenvalue weighted by atomic mass is 32.1. The second-order valence-corrected chi connectivity index (χ2v) is 6.45. The fourth-order valence-electron chi connectivity index (χ4n) is 1.67. The highest BCUT2D eigenvalue weighted by Gasteiger charge is 2.13. The fraction of sp³-hybridized carbons (Fsp3) is 0.154. The average Bonchev–Trinajstić information content (AvgIpc) is 3.08. The summed E-state index contributed by atoms with van der Waals surface area (Å²) in [6.07, 6.45) is 0. The number of amides is 1. The summed E-state index contributed by atoms with van der Waals surface area (Å²) in [5.41, 5.74) is 1.24. The van der Waals surface area contributed by atoms with Gasteiger partial charge >= 0.3 is 0 Å². The third-order valence-corrected chi connectivity index (χ3v) is 4.12. The van der Waals surface area contributed by atoms with Crippen molar-refractivity contribution in [3.05, 3.63) is 40.0 Å². The number of pyridine rings is 1. The quantitative estimate of drug-likeness (QED) is 0.763. The SMILES string of the molecule is Cc1cccc(Nc2nc(C(=O)Nc3nnc(C)s3)cs2)n1. The molecule has 0 saturated heterocycles. The zero-order valence-corrected chi connectivity index (χ0v) is 13.5. The molecule has 2 N–H and O–H groups in total. The van der Waals surface area contributed by atoms with Gasteiger partial charge in [0.2, 0.25) is 5.13 Å². The molecule has 0 fully saturated rings. The number of nitrogens with one attached hydrogen (secondary N) is 2. The highest BCUT2D eigenvalue weighted by Crippen LogP contribution is 2.21. The number of carbonyl (C=O) groups excluding carboxylic acids is 1. The van der Waals surface area contributed by atoms with Gasteiger partial charge in [-0.2, -0.15) is 0 Å². The predicted octanol–water partition coefficient (Wildman–Crippen LogP) is 3.00. The maximum atomic E-state index is 12.1. The number of nitrogens with zero attached hydrogens (tertiary/aromatic N) is 4. The van der Waals surface area contributed by atoms with E-state index < -0.39 is 0 Å². The molecule has 22 heavy (non-hydrogen) atoms. The summed E-state index contributed by atoms with van der Waals surface area (Å²) in [4.78, 5) is 20.7. The minimum atomic E-state index is -0.308. The maximum Gasteiger partial charge on any atom is 0.277 e. The normalized spacial score (nSPS) is 10.5. The van der Waals surface area contributed by atoms with Crippen molar-refractivity contribution in [3.8, 4) is 0 Å². The van der Waals surface area contributed by atoms with E-state index in [1.807, 2.05) is 32.0 Å². The molecule has 0 aromatic carbocycles. The van der Waals surface area contributed by atoms with Gasteiger partial charge in [0.15, 0.2) is 5.13 Å². The first kappa shape index (κ1) is 14.5. The van der Waals surface area contributed by atoms with Gasteiger partial charge in [0.25, 0.3) is 5.91 Å². The van der Waals surface area contributed by atoms with Gasteiger partial charge in [0, 0.05) is 11.1 Å². The highest BCUT2D eigenvalue weighted by molar-refractivity contribution is 7.15. The molecule has 0 spiro atoms. The molecule has 0 aliphatic rings. The first-order valence-electron chi connectivity index (χ1n) is 6.38. The van der Waals surface area contributed by atoms with Crippen molar-refractivity contribution >= 4 is 44.7 Å². The van der Waals surface area contributed by atoms with E-state index in [0.29, 0.717) is 21.8 Å². The van der Waals surface area contributed by atoms with Gasteiger partial charge in [0.05, 0.1) is 0 Å². The first-order valence-corrected chi connectivity index (χ1v) is 8.07. The molecule has 7 nitrogen and oxygen atoms in total. The van der Waals surface area contributed by atoms with E-state index in [-0.39, 0.29) is 5.91 Å². The van der Waals surface area contributed by atoms with Crippen LogP contribution in [0.15, 0.2) is 23.6 Å². The minimum absolute atomic E-state index is 0.308. The van der Waals surface area contributed by atoms with Crippen LogP contribution in [-0.2, 0) is 0 Å². The minimum Gasteiger partial charge on any atom is -0.316 e. The van der Waals surface area contributed by atoms with Crippen molar-refractivity contribution in [1.29, 1.82) is 0 Å². The molecule has 3 heterocycles. The lowest BCUT2D eigenvalue weighted by Gasteiger charge is -2.01. The van der Waals surface area contributed by atoms with E-state index in [1.165, 1.54) is 22.7 Å². The molecular formula is C13H12N6OS2. The number of hydrogen-bond donors (Lipinski definition) is 2. The Bertz CT molecular complexity index is 812. The number of aromatic nitrogens is 4. The lowest BCUT2D eigenvalue weighted by molar-refractivity contribution is 0.102. The molecule has 0 atom stereocenters. The van der Waals surface area contributed by atoms with Gasteiger partial charge in [-0.3, -0.25) is 10.1 Å². The van der Waals surface area contributed by atoms with Crippen LogP contribution in [0.3, 0.4) is 0 Å². The lowest BCUT2D eigenvalue weighted by atomic mass is 10.4. The van der Waals surface area contributed by atoms with Crippen LogP contribution in [-0.4, -0.2) is 26.1 Å². The van der Waals surface area contributed by atoms with Crippen LogP contribution in [0.1, 0.15) is 21.2 Å². The molecule has 0 saturated carbocycles. The third-order valence-electron chi connectivity index (χ3n) is 2.61. The van der Waals surface area contributed by atoms with Gasteiger partial charge in [-0.25, -0.2) is 9.97 Å². The molecule has 0 radical (unpaired) electrons. The summed E-state index contributed by atoms with van der Waals surface area (Å²) in [6.45, 7) is 3.74. The summed E-state index contributed by atoms with van der Waals surface area (Å²) in [7, 11) is 0. The molecule has 0 aliphatic carbocycles. The molecule has 9 heteroatoms. The van der Waals surface area contributed by atoms with Crippen LogP contribution in [0.4, 0.5) is 16.1 Å². The summed E-state index contributed by atoms with van der Waals surface area (Å²) in [6, 6.07) is 5.66. The van der Waals surface area contributed by atoms with Gasteiger partial charge in [0.1, 0.15) is 16.5 Å². The van der Waals surface area contributed by atoms with Crippen LogP contribution in [0.2, 0.25) is 0 Å². The number of carbonyl (C=O) groups is 1. The van der Waals surface area contributed by atoms with Crippen molar-refractivity contribution in [2.45, 2.75) is 13.8 Å². The van der Waals surface area contributed by atoms with Crippen LogP contribution < -0.4 is 10.6 Å². The predicted molar refractivity (Wildman–Crippen MR) is 87.0 cm³/mol. The van der Waals surface area contributed by atoms with Gasteiger partial charge < -0.3 is 5.32 Å². The number of rotatable bonds is 4. The molecule has 3 rings (SSSR count). The topological polar surface area (TPSA) is 92.7 Å². The van der Waals surface area contributed by atoms with Gasteiger partial charge in [-0.05, 0) is 26.0 Å². The zero-order valence-electron chi connectivity index (χ0n) is 11.8. The van der Waals surface area contributed by atoms with Crippen LogP contribution in [0, 0.1) is 13.8 Å². The van der Waals surface area contributed by atoms with Crippen molar-refractivity contribution < 1.29 is 4.79 Å². The van der Waals surface area contributed by atoms with E-state index in [1.54, 1.807) is 5.38 Å². The van der Waals surface area contributed by atoms with Crippen LogP contribution >= 0.6 is 22.7 Å². The summed E-state index contributed by atoms with van der Waals surface area (Å²) < 4.78 is 0. The summed E-state index contributed by atoms with van der Waals surface area (Å²) in [5.74, 6) is 0.388. The maximum absolute atomic E-state index is 12.1. The smallest absolute Gasteiger partial charge is 0.277 e. The Labute approximate surface area is 134 Å². The standard InChI is InChI=1S/C13H12N6OS2/c1-7-4-3-5-10(14-7)16-12-15-9(6-21-12)11(20)17-13-19-18-8(2)22-13/h3-6H,1-2H3,(H,14,15,16)(H,17,19,20). The second-order valence-electron chi connectivity index (χ2n) is 4.41. The van der Waals surface area contributed by atoms with Crippen LogP contribution in [0.5, 0.6) is 0 Å². The molecule has 0 aliphatic heterocycles. The Kier molecular flexibility index (Phi) is 4.07. The number of hydrogen-bond acceptors (Lipinski definition) is 8. The molecule has 3 aromatic heterocycles. The molecule has 0 bridgehead atoms. The van der Waals surface area contributed by atoms with E-state index in [2.05, 4.69) is 30.8 Å². The first-order chi connectivity index (χ1) is 10.6. The van der Waals surface area contributed by atoms with E-state index in [0.717, 1.165) is 10.7 Å². The second kappa shape index (κ2) is 6.16. The van der Waals surface area contributed by atoms with Crippen LogP contribution in [0.25, 0.3) is 0 Å². The lowest BCUT2D eigenvalue weighted by Crippen LogP contribution is -2.12. The summed E-state index contributed by atoms with van der Waals surface area (Å²) >= 11 is 2.66. The molecule has 0 unspecified atom stereocenters. The Morgan fingerprint density at radius 3 is 2.73 bits per heavy atom. The van der Waals surface area contributed by atoms with E-state index in [4.69, 9.17) is 0 Å².